The average Bonchev–Trinajstić information content (AvgIpc) is 2.35. The molecule has 1 saturated carbocycles. The maximum atomic E-state index is 3.72. The predicted octanol–water partition coefficient (Wildman–Crippen LogP) is 4.40. The summed E-state index contributed by atoms with van der Waals surface area (Å²) in [4.78, 5) is 2.55. The Morgan fingerprint density at radius 1 is 1.19 bits per heavy atom. The van der Waals surface area contributed by atoms with E-state index in [9.17, 15) is 0 Å². The molecule has 0 amide bonds. The molecule has 0 atom stereocenters. The zero-order valence-corrected chi connectivity index (χ0v) is 15.4. The lowest BCUT2D eigenvalue weighted by molar-refractivity contribution is 0.168. The third-order valence-electron chi connectivity index (χ3n) is 4.59. The molecule has 1 aromatic carbocycles. The minimum atomic E-state index is 0.627. The van der Waals surface area contributed by atoms with Crippen LogP contribution in [0.3, 0.4) is 0 Å². The van der Waals surface area contributed by atoms with Crippen LogP contribution in [0.4, 0.5) is 0 Å². The molecule has 0 unspecified atom stereocenters. The molecule has 1 fully saturated rings. The van der Waals surface area contributed by atoms with E-state index in [1.165, 1.54) is 22.9 Å². The maximum Gasteiger partial charge on any atom is 0.0178 e. The van der Waals surface area contributed by atoms with E-state index >= 15 is 0 Å². The summed E-state index contributed by atoms with van der Waals surface area (Å²) in [6.07, 6.45) is 2.56. The monoisotopic (exact) mass is 352 g/mol. The van der Waals surface area contributed by atoms with Crippen LogP contribution >= 0.6 is 15.9 Å². The summed E-state index contributed by atoms with van der Waals surface area (Å²) < 4.78 is 1.20. The summed E-state index contributed by atoms with van der Waals surface area (Å²) in [7, 11) is 0. The van der Waals surface area contributed by atoms with Crippen LogP contribution in [0.15, 0.2) is 28.7 Å². The molecule has 1 N–H and O–H groups in total. The van der Waals surface area contributed by atoms with Gasteiger partial charge >= 0.3 is 0 Å². The second-order valence-electron chi connectivity index (χ2n) is 6.80. The smallest absolute Gasteiger partial charge is 0.0178 e. The van der Waals surface area contributed by atoms with Crippen LogP contribution in [0, 0.1) is 0 Å². The fourth-order valence-corrected chi connectivity index (χ4v) is 3.74. The van der Waals surface area contributed by atoms with Crippen molar-refractivity contribution >= 4 is 15.9 Å². The normalized spacial score (nSPS) is 22.1. The second-order valence-corrected chi connectivity index (χ2v) is 7.72. The Morgan fingerprint density at radius 2 is 1.86 bits per heavy atom. The van der Waals surface area contributed by atoms with Crippen LogP contribution in [0.2, 0.25) is 0 Å². The molecule has 1 aliphatic carbocycles. The summed E-state index contributed by atoms with van der Waals surface area (Å²) in [5, 5.41) is 3.72. The summed E-state index contributed by atoms with van der Waals surface area (Å²) in [5.41, 5.74) is 1.48. The van der Waals surface area contributed by atoms with E-state index in [0.29, 0.717) is 18.1 Å². The lowest BCUT2D eigenvalue weighted by Crippen LogP contribution is -2.46. The van der Waals surface area contributed by atoms with Gasteiger partial charge in [-0.05, 0) is 64.2 Å². The lowest BCUT2D eigenvalue weighted by Gasteiger charge is -2.38. The number of hydrogen-bond acceptors (Lipinski definition) is 2. The first-order chi connectivity index (χ1) is 9.97. The molecule has 2 rings (SSSR count). The summed E-state index contributed by atoms with van der Waals surface area (Å²) in [6.45, 7) is 11.4. The Hall–Kier alpha value is -0.380. The Kier molecular flexibility index (Phi) is 6.27. The number of halogens is 1. The zero-order chi connectivity index (χ0) is 15.4. The summed E-state index contributed by atoms with van der Waals surface area (Å²) >= 11 is 3.56. The van der Waals surface area contributed by atoms with E-state index in [2.05, 4.69) is 78.1 Å². The Labute approximate surface area is 138 Å². The van der Waals surface area contributed by atoms with Gasteiger partial charge < -0.3 is 5.32 Å². The number of nitrogens with zero attached hydrogens (tertiary/aromatic N) is 1. The minimum absolute atomic E-state index is 0.627. The van der Waals surface area contributed by atoms with Gasteiger partial charge in [0, 0.05) is 35.7 Å². The van der Waals surface area contributed by atoms with Gasteiger partial charge in [-0.2, -0.15) is 0 Å². The van der Waals surface area contributed by atoms with Crippen LogP contribution in [0.1, 0.15) is 52.0 Å². The fourth-order valence-electron chi connectivity index (χ4n) is 3.33. The van der Waals surface area contributed by atoms with Gasteiger partial charge in [0.05, 0.1) is 0 Å². The maximum absolute atomic E-state index is 3.72. The van der Waals surface area contributed by atoms with Crippen molar-refractivity contribution in [1.29, 1.82) is 0 Å². The van der Waals surface area contributed by atoms with E-state index in [-0.39, 0.29) is 0 Å². The van der Waals surface area contributed by atoms with Gasteiger partial charge in [-0.1, -0.05) is 28.1 Å². The van der Waals surface area contributed by atoms with Crippen molar-refractivity contribution in [1.82, 2.24) is 10.2 Å². The van der Waals surface area contributed by atoms with Crippen LogP contribution < -0.4 is 5.32 Å². The molecule has 3 heteroatoms. The van der Waals surface area contributed by atoms with Gasteiger partial charge in [0.15, 0.2) is 0 Å². The van der Waals surface area contributed by atoms with Crippen molar-refractivity contribution in [2.45, 2.75) is 64.6 Å². The molecule has 2 nitrogen and oxygen atoms in total. The topological polar surface area (TPSA) is 15.3 Å². The van der Waals surface area contributed by atoms with Gasteiger partial charge in [0.1, 0.15) is 0 Å². The van der Waals surface area contributed by atoms with Crippen molar-refractivity contribution in [2.24, 2.45) is 0 Å². The number of benzene rings is 1. The highest BCUT2D eigenvalue weighted by atomic mass is 79.9. The van der Waals surface area contributed by atoms with Crippen molar-refractivity contribution in [2.75, 3.05) is 13.1 Å². The first kappa shape index (κ1) is 17.0. The average molecular weight is 353 g/mol. The molecule has 0 radical (unpaired) electrons. The molecule has 0 aromatic heterocycles. The van der Waals surface area contributed by atoms with Crippen LogP contribution in [0.25, 0.3) is 0 Å². The third kappa shape index (κ3) is 4.80. The van der Waals surface area contributed by atoms with Crippen molar-refractivity contribution in [3.05, 3.63) is 34.3 Å². The Balaban J connectivity index is 1.69. The van der Waals surface area contributed by atoms with E-state index < -0.39 is 0 Å². The molecule has 118 valence electrons. The molecule has 1 aliphatic rings. The zero-order valence-electron chi connectivity index (χ0n) is 13.8. The molecule has 21 heavy (non-hydrogen) atoms. The highest BCUT2D eigenvalue weighted by molar-refractivity contribution is 9.10. The van der Waals surface area contributed by atoms with E-state index in [4.69, 9.17) is 0 Å². The molecule has 0 saturated heterocycles. The minimum Gasteiger partial charge on any atom is -0.313 e. The van der Waals surface area contributed by atoms with Gasteiger partial charge in [0.2, 0.25) is 0 Å². The van der Waals surface area contributed by atoms with Crippen molar-refractivity contribution < 1.29 is 0 Å². The van der Waals surface area contributed by atoms with E-state index in [1.807, 2.05) is 0 Å². The first-order valence-electron chi connectivity index (χ1n) is 8.22. The van der Waals surface area contributed by atoms with Gasteiger partial charge in [0.25, 0.3) is 0 Å². The predicted molar refractivity (Wildman–Crippen MR) is 94.9 cm³/mol. The molecular formula is C18H29BrN2. The van der Waals surface area contributed by atoms with E-state index in [1.54, 1.807) is 0 Å². The molecule has 0 spiro atoms. The van der Waals surface area contributed by atoms with Gasteiger partial charge in [-0.25, -0.2) is 0 Å². The standard InChI is InChI=1S/C18H29BrN2/c1-13(2)21(14(3)4)9-8-20-18-11-16(12-18)15-6-5-7-17(19)10-15/h5-7,10,13-14,16,18,20H,8-9,11-12H2,1-4H3. The van der Waals surface area contributed by atoms with Crippen LogP contribution in [-0.4, -0.2) is 36.1 Å². The largest absolute Gasteiger partial charge is 0.313 e. The molecule has 0 aliphatic heterocycles. The third-order valence-corrected chi connectivity index (χ3v) is 5.08. The Morgan fingerprint density at radius 3 is 2.43 bits per heavy atom. The number of hydrogen-bond donors (Lipinski definition) is 1. The quantitative estimate of drug-likeness (QED) is 0.781. The summed E-state index contributed by atoms with van der Waals surface area (Å²) in [6, 6.07) is 10.7. The lowest BCUT2D eigenvalue weighted by atomic mass is 9.76. The molecular weight excluding hydrogens is 324 g/mol. The second kappa shape index (κ2) is 7.75. The Bertz CT molecular complexity index is 431. The highest BCUT2D eigenvalue weighted by Gasteiger charge is 2.29. The number of rotatable bonds is 7. The highest BCUT2D eigenvalue weighted by Crippen LogP contribution is 2.37. The fraction of sp³-hybridized carbons (Fsp3) is 0.667. The summed E-state index contributed by atoms with van der Waals surface area (Å²) in [5.74, 6) is 0.742. The molecule has 0 heterocycles. The van der Waals surface area contributed by atoms with E-state index in [0.717, 1.165) is 19.0 Å². The van der Waals surface area contributed by atoms with Gasteiger partial charge in [-0.3, -0.25) is 4.90 Å². The first-order valence-corrected chi connectivity index (χ1v) is 9.01. The van der Waals surface area contributed by atoms with Crippen molar-refractivity contribution in [3.8, 4) is 0 Å². The van der Waals surface area contributed by atoms with Crippen molar-refractivity contribution in [3.63, 3.8) is 0 Å². The SMILES string of the molecule is CC(C)N(CCNC1CC(c2cccc(Br)c2)C1)C(C)C. The van der Waals surface area contributed by atoms with Gasteiger partial charge in [-0.15, -0.1) is 0 Å². The molecule has 0 bridgehead atoms. The van der Waals surface area contributed by atoms with Crippen LogP contribution in [-0.2, 0) is 0 Å². The number of nitrogens with one attached hydrogen (secondary N) is 1. The van der Waals surface area contributed by atoms with Crippen LogP contribution in [0.5, 0.6) is 0 Å². The molecule has 1 aromatic rings.